The monoisotopic (exact) mass is 450 g/mol. The number of nitrogens with one attached hydrogen (secondary N) is 2. The third-order valence-corrected chi connectivity index (χ3v) is 5.43. The number of H-pyrrole nitrogens is 1. The number of fused-ring (bicyclic) bond motifs is 1. The summed E-state index contributed by atoms with van der Waals surface area (Å²) in [5, 5.41) is 4.87. The summed E-state index contributed by atoms with van der Waals surface area (Å²) in [5.74, 6) is 1.62. The molecule has 4 nitrogen and oxygen atoms in total. The van der Waals surface area contributed by atoms with Crippen LogP contribution in [0, 0.1) is 6.92 Å². The molecule has 2 N–H and O–H groups in total. The zero-order valence-electron chi connectivity index (χ0n) is 18.7. The van der Waals surface area contributed by atoms with E-state index in [0.717, 1.165) is 42.1 Å². The van der Waals surface area contributed by atoms with E-state index >= 15 is 0 Å². The van der Waals surface area contributed by atoms with Gasteiger partial charge in [-0.15, -0.1) is 12.4 Å². The summed E-state index contributed by atoms with van der Waals surface area (Å²) in [6.45, 7) is 6.83. The maximum Gasteiger partial charge on any atom is 0.166 e. The van der Waals surface area contributed by atoms with Crippen LogP contribution in [-0.2, 0) is 19.6 Å². The van der Waals surface area contributed by atoms with Gasteiger partial charge in [-0.2, -0.15) is 0 Å². The SMILES string of the molecule is CCOc1cccc(CNCCc2c[nH]c3ccccc23)c1OCc1ccc(C)cc1.Cl. The van der Waals surface area contributed by atoms with E-state index in [2.05, 4.69) is 78.0 Å². The number of ether oxygens (including phenoxy) is 2. The average Bonchev–Trinajstić information content (AvgIpc) is 3.20. The lowest BCUT2D eigenvalue weighted by molar-refractivity contribution is 0.266. The molecular formula is C27H31ClN2O2. The first-order chi connectivity index (χ1) is 15.2. The summed E-state index contributed by atoms with van der Waals surface area (Å²) in [7, 11) is 0. The number of hydrogen-bond donors (Lipinski definition) is 2. The van der Waals surface area contributed by atoms with Crippen molar-refractivity contribution in [2.45, 2.75) is 33.4 Å². The predicted octanol–water partition coefficient (Wildman–Crippen LogP) is 6.21. The Hall–Kier alpha value is -2.95. The van der Waals surface area contributed by atoms with Gasteiger partial charge >= 0.3 is 0 Å². The number of aromatic nitrogens is 1. The van der Waals surface area contributed by atoms with Crippen molar-refractivity contribution in [3.63, 3.8) is 0 Å². The first-order valence-electron chi connectivity index (χ1n) is 10.9. The smallest absolute Gasteiger partial charge is 0.166 e. The third-order valence-electron chi connectivity index (χ3n) is 5.43. The van der Waals surface area contributed by atoms with Crippen molar-refractivity contribution in [1.29, 1.82) is 0 Å². The van der Waals surface area contributed by atoms with Crippen molar-refractivity contribution in [3.05, 3.63) is 95.2 Å². The number of aromatic amines is 1. The molecule has 4 aromatic rings. The number of aryl methyl sites for hydroxylation is 1. The fourth-order valence-electron chi connectivity index (χ4n) is 3.76. The molecule has 1 heterocycles. The van der Waals surface area contributed by atoms with Crippen LogP contribution in [0.1, 0.15) is 29.2 Å². The fraction of sp³-hybridized carbons (Fsp3) is 0.259. The lowest BCUT2D eigenvalue weighted by Crippen LogP contribution is -2.17. The summed E-state index contributed by atoms with van der Waals surface area (Å²) in [5.41, 5.74) is 6.03. The van der Waals surface area contributed by atoms with Crippen molar-refractivity contribution in [2.24, 2.45) is 0 Å². The quantitative estimate of drug-likeness (QED) is 0.282. The first kappa shape index (κ1) is 23.7. The van der Waals surface area contributed by atoms with Crippen LogP contribution in [0.4, 0.5) is 0 Å². The Bertz CT molecular complexity index is 1120. The van der Waals surface area contributed by atoms with Crippen LogP contribution in [0.25, 0.3) is 10.9 Å². The van der Waals surface area contributed by atoms with Gasteiger partial charge in [0.25, 0.3) is 0 Å². The molecule has 0 fully saturated rings. The minimum Gasteiger partial charge on any atom is -0.490 e. The molecule has 0 atom stereocenters. The van der Waals surface area contributed by atoms with Crippen molar-refractivity contribution < 1.29 is 9.47 Å². The molecule has 0 aliphatic heterocycles. The van der Waals surface area contributed by atoms with Gasteiger partial charge in [-0.25, -0.2) is 0 Å². The Labute approximate surface area is 196 Å². The van der Waals surface area contributed by atoms with Crippen LogP contribution < -0.4 is 14.8 Å². The molecule has 3 aromatic carbocycles. The van der Waals surface area contributed by atoms with E-state index in [4.69, 9.17) is 9.47 Å². The molecule has 0 saturated heterocycles. The Kier molecular flexibility index (Phi) is 8.60. The van der Waals surface area contributed by atoms with Crippen molar-refractivity contribution in [2.75, 3.05) is 13.2 Å². The molecule has 0 aliphatic rings. The van der Waals surface area contributed by atoms with E-state index in [-0.39, 0.29) is 12.4 Å². The Morgan fingerprint density at radius 2 is 1.69 bits per heavy atom. The van der Waals surface area contributed by atoms with E-state index in [9.17, 15) is 0 Å². The molecule has 0 aliphatic carbocycles. The second-order valence-corrected chi connectivity index (χ2v) is 7.74. The van der Waals surface area contributed by atoms with Crippen LogP contribution in [-0.4, -0.2) is 18.1 Å². The summed E-state index contributed by atoms with van der Waals surface area (Å²) >= 11 is 0. The minimum atomic E-state index is 0. The molecular weight excluding hydrogens is 420 g/mol. The molecule has 0 unspecified atom stereocenters. The van der Waals surface area contributed by atoms with Crippen molar-refractivity contribution >= 4 is 23.3 Å². The molecule has 5 heteroatoms. The predicted molar refractivity (Wildman–Crippen MR) is 134 cm³/mol. The van der Waals surface area contributed by atoms with Crippen LogP contribution in [0.15, 0.2) is 72.9 Å². The summed E-state index contributed by atoms with van der Waals surface area (Å²) in [6.07, 6.45) is 3.08. The van der Waals surface area contributed by atoms with Crippen LogP contribution >= 0.6 is 12.4 Å². The number of benzene rings is 3. The van der Waals surface area contributed by atoms with Gasteiger partial charge in [0, 0.05) is 29.2 Å². The molecule has 1 aromatic heterocycles. The number of para-hydroxylation sites is 2. The number of rotatable bonds is 10. The molecule has 0 amide bonds. The van der Waals surface area contributed by atoms with Crippen LogP contribution in [0.2, 0.25) is 0 Å². The maximum atomic E-state index is 6.24. The Balaban J connectivity index is 0.00000289. The number of hydrogen-bond acceptors (Lipinski definition) is 3. The zero-order chi connectivity index (χ0) is 21.5. The lowest BCUT2D eigenvalue weighted by Gasteiger charge is -2.16. The summed E-state index contributed by atoms with van der Waals surface area (Å²) < 4.78 is 12.1. The highest BCUT2D eigenvalue weighted by atomic mass is 35.5. The molecule has 0 radical (unpaired) electrons. The van der Waals surface area contributed by atoms with E-state index in [1.807, 2.05) is 19.1 Å². The summed E-state index contributed by atoms with van der Waals surface area (Å²) in [6, 6.07) is 23.0. The minimum absolute atomic E-state index is 0. The van der Waals surface area contributed by atoms with Gasteiger partial charge < -0.3 is 19.8 Å². The largest absolute Gasteiger partial charge is 0.490 e. The fourth-order valence-corrected chi connectivity index (χ4v) is 3.76. The third kappa shape index (κ3) is 5.84. The first-order valence-corrected chi connectivity index (χ1v) is 10.9. The molecule has 4 rings (SSSR count). The molecule has 0 saturated carbocycles. The van der Waals surface area contributed by atoms with Gasteiger partial charge in [0.15, 0.2) is 11.5 Å². The van der Waals surface area contributed by atoms with Crippen LogP contribution in [0.3, 0.4) is 0 Å². The Morgan fingerprint density at radius 1 is 0.875 bits per heavy atom. The van der Waals surface area contributed by atoms with E-state index < -0.39 is 0 Å². The highest BCUT2D eigenvalue weighted by molar-refractivity contribution is 5.85. The normalized spacial score (nSPS) is 10.7. The maximum absolute atomic E-state index is 6.24. The Morgan fingerprint density at radius 3 is 2.50 bits per heavy atom. The number of halogens is 1. The average molecular weight is 451 g/mol. The second kappa shape index (κ2) is 11.6. The molecule has 168 valence electrons. The van der Waals surface area contributed by atoms with Gasteiger partial charge in [-0.1, -0.05) is 60.2 Å². The van der Waals surface area contributed by atoms with Crippen LogP contribution in [0.5, 0.6) is 11.5 Å². The highest BCUT2D eigenvalue weighted by Crippen LogP contribution is 2.32. The van der Waals surface area contributed by atoms with Crippen molar-refractivity contribution in [1.82, 2.24) is 10.3 Å². The van der Waals surface area contributed by atoms with E-state index in [1.165, 1.54) is 22.0 Å². The topological polar surface area (TPSA) is 46.3 Å². The van der Waals surface area contributed by atoms with Gasteiger partial charge in [-0.05, 0) is 50.1 Å². The van der Waals surface area contributed by atoms with Gasteiger partial charge in [0.1, 0.15) is 6.61 Å². The van der Waals surface area contributed by atoms with E-state index in [1.54, 1.807) is 0 Å². The van der Waals surface area contributed by atoms with Crippen molar-refractivity contribution in [3.8, 4) is 11.5 Å². The summed E-state index contributed by atoms with van der Waals surface area (Å²) in [4.78, 5) is 3.35. The molecule has 0 spiro atoms. The van der Waals surface area contributed by atoms with Gasteiger partial charge in [-0.3, -0.25) is 0 Å². The molecule has 32 heavy (non-hydrogen) atoms. The van der Waals surface area contributed by atoms with Gasteiger partial charge in [0.05, 0.1) is 6.61 Å². The standard InChI is InChI=1S/C27H30N2O2.ClH/c1-3-30-26-10-6-7-23(27(26)31-19-21-13-11-20(2)12-14-21)17-28-16-15-22-18-29-25-9-5-4-8-24(22)25;/h4-14,18,28-29H,3,15-17,19H2,1-2H3;1H. The molecule has 0 bridgehead atoms. The highest BCUT2D eigenvalue weighted by Gasteiger charge is 2.12. The second-order valence-electron chi connectivity index (χ2n) is 7.74. The lowest BCUT2D eigenvalue weighted by atomic mass is 10.1. The van der Waals surface area contributed by atoms with Gasteiger partial charge in [0.2, 0.25) is 0 Å². The zero-order valence-corrected chi connectivity index (χ0v) is 19.5. The van der Waals surface area contributed by atoms with E-state index in [0.29, 0.717) is 13.2 Å².